The number of benzene rings is 10. The highest BCUT2D eigenvalue weighted by Gasteiger charge is 2.57. The lowest BCUT2D eigenvalue weighted by Crippen LogP contribution is -2.68. The summed E-state index contributed by atoms with van der Waals surface area (Å²) >= 11 is 5.47. The molecule has 3 aliphatic heterocycles. The van der Waals surface area contributed by atoms with E-state index in [-0.39, 0.29) is 79.3 Å². The fourth-order valence-electron chi connectivity index (χ4n) is 13.3. The van der Waals surface area contributed by atoms with E-state index in [1.807, 2.05) is 303 Å². The van der Waals surface area contributed by atoms with E-state index in [4.69, 9.17) is 88.0 Å². The lowest BCUT2D eigenvalue weighted by Gasteiger charge is -2.51. The maximum absolute atomic E-state index is 7.89. The molecule has 3 fully saturated rings. The van der Waals surface area contributed by atoms with Gasteiger partial charge in [-0.2, -0.15) is 0 Å². The van der Waals surface area contributed by atoms with Gasteiger partial charge >= 0.3 is 0 Å². The first-order chi connectivity index (χ1) is 52.5. The second kappa shape index (κ2) is 41.0. The molecule has 0 spiro atoms. The quantitative estimate of drug-likeness (QED) is 0.0336. The average Bonchev–Trinajstić information content (AvgIpc) is 0.761. The number of thiocarbonyl (C=S) groups is 1. The van der Waals surface area contributed by atoms with Crippen molar-refractivity contribution < 1.29 is 75.8 Å². The first-order valence-corrected chi connectivity index (χ1v) is 36.8. The van der Waals surface area contributed by atoms with E-state index in [1.54, 1.807) is 0 Å². The van der Waals surface area contributed by atoms with Gasteiger partial charge in [-0.05, 0) is 67.9 Å². The van der Waals surface area contributed by atoms with Crippen LogP contribution in [0.2, 0.25) is 0 Å². The molecule has 0 N–H and O–H groups in total. The minimum absolute atomic E-state index is 0.00217. The summed E-state index contributed by atoms with van der Waals surface area (Å²) in [5.74, 6) is 0. The first-order valence-electron chi connectivity index (χ1n) is 36.3. The molecule has 3 aliphatic rings. The van der Waals surface area contributed by atoms with E-state index in [9.17, 15) is 0 Å². The molecule has 550 valence electrons. The van der Waals surface area contributed by atoms with Crippen LogP contribution in [0.3, 0.4) is 0 Å². The molecule has 17 heteroatoms. The van der Waals surface area contributed by atoms with Gasteiger partial charge in [0.05, 0.1) is 85.9 Å². The molecule has 13 rings (SSSR count). The third-order valence-electron chi connectivity index (χ3n) is 18.7. The Labute approximate surface area is 627 Å². The van der Waals surface area contributed by atoms with E-state index < -0.39 is 92.1 Å². The highest BCUT2D eigenvalue weighted by Crippen LogP contribution is 2.40. The minimum atomic E-state index is -1.31. The predicted octanol–water partition coefficient (Wildman–Crippen LogP) is 15.7. The Morgan fingerprint density at radius 1 is 0.217 bits per heavy atom. The molecule has 0 saturated carbocycles. The Balaban J connectivity index is 0.938. The van der Waals surface area contributed by atoms with Crippen LogP contribution in [0.15, 0.2) is 303 Å². The van der Waals surface area contributed by atoms with Gasteiger partial charge in [0.15, 0.2) is 12.6 Å². The molecule has 16 nitrogen and oxygen atoms in total. The Kier molecular flexibility index (Phi) is 29.3. The van der Waals surface area contributed by atoms with Crippen molar-refractivity contribution in [3.63, 3.8) is 0 Å². The fraction of sp³-hybridized carbons (Fsp3) is 0.315. The molecule has 10 aromatic carbocycles. The van der Waals surface area contributed by atoms with Crippen LogP contribution in [-0.2, 0) is 142 Å². The summed E-state index contributed by atoms with van der Waals surface area (Å²) < 4.78 is 115. The van der Waals surface area contributed by atoms with Gasteiger partial charge in [-0.25, -0.2) is 0 Å². The lowest BCUT2D eigenvalue weighted by molar-refractivity contribution is -0.393. The van der Waals surface area contributed by atoms with Crippen molar-refractivity contribution in [2.24, 2.45) is 0 Å². The molecule has 3 saturated heterocycles. The van der Waals surface area contributed by atoms with Gasteiger partial charge in [-0.3, -0.25) is 0 Å². The van der Waals surface area contributed by atoms with Gasteiger partial charge in [0.2, 0.25) is 6.29 Å². The SMILES string of the molecule is S=CO[C@@H]1O[C@H](COCc2ccccc2)[C@@H](O[C@@H]2O[C@H](COCc3ccccc3)[C@H](O[C@H]3O[C@H](COCc4ccccc4)[C@@H](OCc4ccccc4)[C@H](OCc4ccccc4)[C@H]3OCc3ccccc3)[C@H](OCc3ccccc3)[C@H]2OCc2ccccc2)[C@H](OCc2ccccc2)[C@H]1OCc1ccccc1. The second-order valence-electron chi connectivity index (χ2n) is 26.4. The summed E-state index contributed by atoms with van der Waals surface area (Å²) in [7, 11) is 0. The Bertz CT molecular complexity index is 4040. The molecule has 0 aromatic heterocycles. The van der Waals surface area contributed by atoms with Crippen molar-refractivity contribution in [1.82, 2.24) is 0 Å². The van der Waals surface area contributed by atoms with Crippen molar-refractivity contribution in [3.8, 4) is 0 Å². The van der Waals surface area contributed by atoms with Crippen LogP contribution in [0.4, 0.5) is 0 Å². The van der Waals surface area contributed by atoms with Gasteiger partial charge < -0.3 is 75.8 Å². The molecule has 0 bridgehead atoms. The molecule has 0 unspecified atom stereocenters. The zero-order valence-electron chi connectivity index (χ0n) is 59.2. The fourth-order valence-corrected chi connectivity index (χ4v) is 13.4. The summed E-state index contributed by atoms with van der Waals surface area (Å²) in [4.78, 5) is 0. The third kappa shape index (κ3) is 22.3. The molecule has 0 radical (unpaired) electrons. The Morgan fingerprint density at radius 2 is 0.406 bits per heavy atom. The molecular weight excluding hydrogens is 1360 g/mol. The molecular formula is C89H92O16S. The molecule has 3 heterocycles. The molecule has 106 heavy (non-hydrogen) atoms. The zero-order chi connectivity index (χ0) is 72.0. The Morgan fingerprint density at radius 3 is 0.651 bits per heavy atom. The van der Waals surface area contributed by atoms with E-state index in [1.165, 1.54) is 5.55 Å². The maximum Gasteiger partial charge on any atom is 0.229 e. The number of ether oxygens (including phenoxy) is 16. The number of rotatable bonds is 39. The standard InChI is InChI=1S/C89H92O16S/c106-64-100-87-84(97-58-72-45-25-8-26-46-72)82(95-56-70-41-21-6-22-42-70)79(76(101-87)62-91-52-66-33-13-2-14-34-66)104-89-86(99-60-74-49-29-10-30-50-74)83(96-57-71-43-23-7-24-44-71)80(77(103-89)63-92-53-67-35-15-3-16-36-67)105-88-85(98-59-73-47-27-9-28-48-73)81(94-55-69-39-19-5-20-40-69)78(93-54-68-37-17-4-18-38-68)75(102-88)61-90-51-65-31-11-1-12-32-65/h1-50,64,75-89H,51-63H2/t75-,76-,77-,78-,79-,80+,81+,82+,83+,84-,85-,86-,87-,88-,89+/m1/s1. The van der Waals surface area contributed by atoms with Gasteiger partial charge in [0, 0.05) is 0 Å². The van der Waals surface area contributed by atoms with E-state index in [2.05, 4.69) is 0 Å². The summed E-state index contributed by atoms with van der Waals surface area (Å²) in [5.41, 5.74) is 10.5. The van der Waals surface area contributed by atoms with Gasteiger partial charge in [0.25, 0.3) is 0 Å². The van der Waals surface area contributed by atoms with E-state index in [0.29, 0.717) is 6.61 Å². The van der Waals surface area contributed by atoms with Gasteiger partial charge in [-0.1, -0.05) is 303 Å². The van der Waals surface area contributed by atoms with Crippen LogP contribution >= 0.6 is 12.2 Å². The van der Waals surface area contributed by atoms with Crippen LogP contribution in [0.25, 0.3) is 0 Å². The van der Waals surface area contributed by atoms with Crippen molar-refractivity contribution >= 4 is 17.8 Å². The van der Waals surface area contributed by atoms with Crippen LogP contribution in [-0.4, -0.2) is 117 Å². The van der Waals surface area contributed by atoms with Gasteiger partial charge in [-0.15, -0.1) is 0 Å². The number of hydrogen-bond acceptors (Lipinski definition) is 17. The van der Waals surface area contributed by atoms with Crippen LogP contribution in [0.1, 0.15) is 55.6 Å². The van der Waals surface area contributed by atoms with Crippen LogP contribution in [0.5, 0.6) is 0 Å². The van der Waals surface area contributed by atoms with Crippen molar-refractivity contribution in [1.29, 1.82) is 0 Å². The monoisotopic (exact) mass is 1450 g/mol. The van der Waals surface area contributed by atoms with E-state index >= 15 is 0 Å². The molecule has 0 aliphatic carbocycles. The summed E-state index contributed by atoms with van der Waals surface area (Å²) in [5, 5.41) is 0. The molecule has 15 atom stereocenters. The summed E-state index contributed by atoms with van der Waals surface area (Å²) in [6.45, 7) is 1.86. The molecule has 10 aromatic rings. The summed E-state index contributed by atoms with van der Waals surface area (Å²) in [6.07, 6.45) is -15.3. The largest absolute Gasteiger partial charge is 0.458 e. The van der Waals surface area contributed by atoms with Crippen LogP contribution < -0.4 is 0 Å². The topological polar surface area (TPSA) is 148 Å². The van der Waals surface area contributed by atoms with Crippen molar-refractivity contribution in [2.45, 2.75) is 158 Å². The lowest BCUT2D eigenvalue weighted by atomic mass is 9.95. The smallest absolute Gasteiger partial charge is 0.229 e. The Hall–Kier alpha value is -8.51. The summed E-state index contributed by atoms with van der Waals surface area (Å²) in [6, 6.07) is 99.9. The average molecular weight is 1450 g/mol. The predicted molar refractivity (Wildman–Crippen MR) is 404 cm³/mol. The van der Waals surface area contributed by atoms with Crippen molar-refractivity contribution in [3.05, 3.63) is 359 Å². The highest BCUT2D eigenvalue weighted by molar-refractivity contribution is 7.78. The normalized spacial score (nSPS) is 24.4. The van der Waals surface area contributed by atoms with Gasteiger partial charge in [0.1, 0.15) is 78.8 Å². The second-order valence-corrected chi connectivity index (χ2v) is 26.6. The third-order valence-corrected chi connectivity index (χ3v) is 18.8. The van der Waals surface area contributed by atoms with Crippen molar-refractivity contribution in [2.75, 3.05) is 19.8 Å². The maximum atomic E-state index is 7.89. The minimum Gasteiger partial charge on any atom is -0.458 e. The van der Waals surface area contributed by atoms with E-state index in [0.717, 1.165) is 55.6 Å². The molecule has 0 amide bonds. The first kappa shape index (κ1) is 75.7. The number of hydrogen-bond donors (Lipinski definition) is 0. The zero-order valence-corrected chi connectivity index (χ0v) is 60.1. The van der Waals surface area contributed by atoms with Crippen LogP contribution in [0, 0.1) is 0 Å². The highest BCUT2D eigenvalue weighted by atomic mass is 32.1.